The van der Waals surface area contributed by atoms with Crippen LogP contribution in [0.4, 0.5) is 5.69 Å². The first kappa shape index (κ1) is 33.2. The molecule has 45 heavy (non-hydrogen) atoms. The summed E-state index contributed by atoms with van der Waals surface area (Å²) in [4.78, 5) is 43.2. The number of amides is 1. The molecule has 0 radical (unpaired) electrons. The molecule has 0 saturated heterocycles. The standard InChI is InChI=1S/C37H45IN2O5/c1-9-40-26-16-36(5,6)18-28(41)33(26)32(34-27(40)17-37(7,8)19-29(34)42)23-14-24(38)35(30(15-23)44-10-2)45-20-31(43)39-25-12-11-21(3)13-22(25)4/h11-15,32H,9-10,16-20H2,1-8H3,(H,39,43). The van der Waals surface area contributed by atoms with E-state index >= 15 is 0 Å². The van der Waals surface area contributed by atoms with Gasteiger partial charge in [0, 0.05) is 53.5 Å². The highest BCUT2D eigenvalue weighted by Crippen LogP contribution is 2.55. The van der Waals surface area contributed by atoms with Gasteiger partial charge in [0.2, 0.25) is 0 Å². The highest BCUT2D eigenvalue weighted by atomic mass is 127. The average molecular weight is 725 g/mol. The van der Waals surface area contributed by atoms with Crippen molar-refractivity contribution in [3.8, 4) is 11.5 Å². The molecule has 3 aliphatic rings. The van der Waals surface area contributed by atoms with Crippen LogP contribution >= 0.6 is 22.6 Å². The highest BCUT2D eigenvalue weighted by molar-refractivity contribution is 14.1. The first-order valence-electron chi connectivity index (χ1n) is 15.9. The predicted molar refractivity (Wildman–Crippen MR) is 186 cm³/mol. The number of nitrogens with zero attached hydrogens (tertiary/aromatic N) is 1. The van der Waals surface area contributed by atoms with Crippen molar-refractivity contribution in [1.29, 1.82) is 0 Å². The maximum absolute atomic E-state index is 14.0. The van der Waals surface area contributed by atoms with Gasteiger partial charge in [-0.2, -0.15) is 0 Å². The van der Waals surface area contributed by atoms with E-state index in [-0.39, 0.29) is 34.9 Å². The third kappa shape index (κ3) is 6.71. The molecule has 1 amide bonds. The largest absolute Gasteiger partial charge is 0.490 e. The summed E-state index contributed by atoms with van der Waals surface area (Å²) in [5.74, 6) is 0.424. The van der Waals surface area contributed by atoms with E-state index in [1.807, 2.05) is 51.1 Å². The number of anilines is 1. The maximum Gasteiger partial charge on any atom is 0.262 e. The Morgan fingerprint density at radius 3 is 2.04 bits per heavy atom. The van der Waals surface area contributed by atoms with Gasteiger partial charge in [-0.15, -0.1) is 0 Å². The first-order valence-corrected chi connectivity index (χ1v) is 17.0. The summed E-state index contributed by atoms with van der Waals surface area (Å²) in [7, 11) is 0. The van der Waals surface area contributed by atoms with Gasteiger partial charge in [0.05, 0.1) is 10.2 Å². The van der Waals surface area contributed by atoms with E-state index in [9.17, 15) is 14.4 Å². The lowest BCUT2D eigenvalue weighted by Gasteiger charge is -2.49. The van der Waals surface area contributed by atoms with Crippen LogP contribution in [0.15, 0.2) is 52.9 Å². The molecule has 0 spiro atoms. The fourth-order valence-electron chi connectivity index (χ4n) is 7.20. The van der Waals surface area contributed by atoms with Crippen molar-refractivity contribution in [3.05, 3.63) is 73.1 Å². The Labute approximate surface area is 280 Å². The molecule has 1 N–H and O–H groups in total. The van der Waals surface area contributed by atoms with Crippen molar-refractivity contribution >= 4 is 45.8 Å². The Balaban J connectivity index is 1.56. The Morgan fingerprint density at radius 2 is 1.51 bits per heavy atom. The fourth-order valence-corrected chi connectivity index (χ4v) is 7.98. The summed E-state index contributed by atoms with van der Waals surface area (Å²) in [5, 5.41) is 2.94. The van der Waals surface area contributed by atoms with Gasteiger partial charge in [-0.25, -0.2) is 0 Å². The van der Waals surface area contributed by atoms with E-state index in [0.717, 1.165) is 61.3 Å². The number of rotatable bonds is 8. The Morgan fingerprint density at radius 1 is 0.911 bits per heavy atom. The molecule has 0 fully saturated rings. The third-order valence-electron chi connectivity index (χ3n) is 9.01. The molecule has 2 aliphatic carbocycles. The minimum atomic E-state index is -0.473. The molecule has 0 saturated carbocycles. The van der Waals surface area contributed by atoms with E-state index in [1.165, 1.54) is 0 Å². The number of ketones is 2. The van der Waals surface area contributed by atoms with Crippen LogP contribution in [0.1, 0.15) is 89.8 Å². The Hall–Kier alpha value is -3.14. The number of halogens is 1. The van der Waals surface area contributed by atoms with Gasteiger partial charge >= 0.3 is 0 Å². The van der Waals surface area contributed by atoms with Crippen LogP contribution in [0.5, 0.6) is 11.5 Å². The molecule has 0 atom stereocenters. The molecule has 2 aromatic rings. The average Bonchev–Trinajstić information content (AvgIpc) is 2.92. The lowest BCUT2D eigenvalue weighted by molar-refractivity contribution is -0.120. The normalized spacial score (nSPS) is 19.4. The van der Waals surface area contributed by atoms with E-state index < -0.39 is 5.92 Å². The smallest absolute Gasteiger partial charge is 0.262 e. The van der Waals surface area contributed by atoms with Crippen LogP contribution in [0, 0.1) is 28.2 Å². The van der Waals surface area contributed by atoms with Crippen LogP contribution in [0.2, 0.25) is 0 Å². The first-order chi connectivity index (χ1) is 21.1. The van der Waals surface area contributed by atoms with Crippen molar-refractivity contribution in [1.82, 2.24) is 4.90 Å². The topological polar surface area (TPSA) is 84.9 Å². The van der Waals surface area contributed by atoms with Crippen LogP contribution < -0.4 is 14.8 Å². The number of ether oxygens (including phenoxy) is 2. The Kier molecular flexibility index (Phi) is 9.28. The number of carbonyl (C=O) groups is 3. The van der Waals surface area contributed by atoms with Crippen molar-refractivity contribution in [3.63, 3.8) is 0 Å². The number of allylic oxidation sites excluding steroid dienone is 4. The molecule has 2 aromatic carbocycles. The van der Waals surface area contributed by atoms with Crippen molar-refractivity contribution < 1.29 is 23.9 Å². The molecule has 0 unspecified atom stereocenters. The van der Waals surface area contributed by atoms with E-state index in [1.54, 1.807) is 0 Å². The number of aryl methyl sites for hydroxylation is 2. The number of nitrogens with one attached hydrogen (secondary N) is 1. The van der Waals surface area contributed by atoms with Crippen LogP contribution in [-0.4, -0.2) is 42.1 Å². The summed E-state index contributed by atoms with van der Waals surface area (Å²) in [6.45, 7) is 17.5. The van der Waals surface area contributed by atoms with Gasteiger partial charge in [0.25, 0.3) is 5.91 Å². The molecular formula is C37H45IN2O5. The molecule has 1 aliphatic heterocycles. The van der Waals surface area contributed by atoms with Crippen molar-refractivity contribution in [2.75, 3.05) is 25.1 Å². The lowest BCUT2D eigenvalue weighted by Crippen LogP contribution is -2.44. The fraction of sp³-hybridized carbons (Fsp3) is 0.486. The van der Waals surface area contributed by atoms with E-state index in [0.29, 0.717) is 37.5 Å². The van der Waals surface area contributed by atoms with Gasteiger partial charge in [-0.3, -0.25) is 14.4 Å². The van der Waals surface area contributed by atoms with Gasteiger partial charge in [0.1, 0.15) is 0 Å². The van der Waals surface area contributed by atoms with Crippen molar-refractivity contribution in [2.24, 2.45) is 10.8 Å². The number of benzene rings is 2. The molecular weight excluding hydrogens is 679 g/mol. The van der Waals surface area contributed by atoms with E-state index in [4.69, 9.17) is 9.47 Å². The van der Waals surface area contributed by atoms with Gasteiger partial charge in [-0.1, -0.05) is 45.4 Å². The van der Waals surface area contributed by atoms with Gasteiger partial charge in [0.15, 0.2) is 29.7 Å². The minimum absolute atomic E-state index is 0.102. The molecule has 240 valence electrons. The summed E-state index contributed by atoms with van der Waals surface area (Å²) < 4.78 is 12.9. The molecule has 0 aromatic heterocycles. The van der Waals surface area contributed by atoms with Crippen LogP contribution in [0.3, 0.4) is 0 Å². The zero-order valence-electron chi connectivity index (χ0n) is 27.8. The summed E-state index contributed by atoms with van der Waals surface area (Å²) in [6, 6.07) is 9.77. The second-order valence-electron chi connectivity index (χ2n) is 14.2. The minimum Gasteiger partial charge on any atom is -0.490 e. The predicted octanol–water partition coefficient (Wildman–Crippen LogP) is 8.03. The van der Waals surface area contributed by atoms with Crippen LogP contribution in [0.25, 0.3) is 0 Å². The second kappa shape index (κ2) is 12.6. The monoisotopic (exact) mass is 724 g/mol. The quantitative estimate of drug-likeness (QED) is 0.278. The number of hydrogen-bond donors (Lipinski definition) is 1. The lowest BCUT2D eigenvalue weighted by atomic mass is 9.63. The van der Waals surface area contributed by atoms with Crippen molar-refractivity contribution in [2.45, 2.75) is 87.0 Å². The van der Waals surface area contributed by atoms with Gasteiger partial charge < -0.3 is 19.7 Å². The molecule has 7 nitrogen and oxygen atoms in total. The summed E-state index contributed by atoms with van der Waals surface area (Å²) >= 11 is 2.21. The molecule has 5 rings (SSSR count). The SMILES string of the molecule is CCOc1cc(C2C3=C(CC(C)(C)CC3=O)N(CC)C3=C2C(=O)CC(C)(C)C3)cc(I)c1OCC(=O)Nc1ccc(C)cc1C. The molecule has 8 heteroatoms. The summed E-state index contributed by atoms with van der Waals surface area (Å²) in [5.41, 5.74) is 6.93. The second-order valence-corrected chi connectivity index (χ2v) is 15.4. The zero-order chi connectivity index (χ0) is 32.8. The summed E-state index contributed by atoms with van der Waals surface area (Å²) in [6.07, 6.45) is 2.43. The molecule has 0 bridgehead atoms. The highest BCUT2D eigenvalue weighted by Gasteiger charge is 2.48. The third-order valence-corrected chi connectivity index (χ3v) is 9.81. The zero-order valence-corrected chi connectivity index (χ0v) is 29.9. The maximum atomic E-state index is 14.0. The van der Waals surface area contributed by atoms with Gasteiger partial charge in [-0.05, 0) is 103 Å². The van der Waals surface area contributed by atoms with Crippen LogP contribution in [-0.2, 0) is 14.4 Å². The van der Waals surface area contributed by atoms with E-state index in [2.05, 4.69) is 67.4 Å². The number of hydrogen-bond acceptors (Lipinski definition) is 6. The number of Topliss-reactive ketones (excluding diaryl/α,β-unsaturated/α-hetero) is 2. The number of carbonyl (C=O) groups excluding carboxylic acids is 3. The molecule has 1 heterocycles. The Bertz CT molecular complexity index is 1580.